The largest absolute Gasteiger partial charge is 0.450 e. The Morgan fingerprint density at radius 1 is 1.31 bits per heavy atom. The van der Waals surface area contributed by atoms with Gasteiger partial charge in [-0.05, 0) is 43.5 Å². The highest BCUT2D eigenvalue weighted by molar-refractivity contribution is 5.96. The Balaban J connectivity index is 2.46. The summed E-state index contributed by atoms with van der Waals surface area (Å²) in [6.07, 6.45) is -0.112. The molecule has 0 bridgehead atoms. The van der Waals surface area contributed by atoms with Gasteiger partial charge in [0.05, 0.1) is 5.56 Å². The summed E-state index contributed by atoms with van der Waals surface area (Å²) < 4.78 is 5.08. The number of carbonyl (C=O) groups excluding carboxylic acids is 2. The van der Waals surface area contributed by atoms with Crippen molar-refractivity contribution in [3.8, 4) is 0 Å². The summed E-state index contributed by atoms with van der Waals surface area (Å²) in [6.45, 7) is 5.41. The molecule has 0 amide bonds. The minimum absolute atomic E-state index is 0.0998. The zero-order chi connectivity index (χ0) is 11.9. The average molecular weight is 218 g/mol. The van der Waals surface area contributed by atoms with E-state index in [-0.39, 0.29) is 11.8 Å². The van der Waals surface area contributed by atoms with Crippen LogP contribution in [0.4, 0.5) is 0 Å². The molecule has 1 aliphatic rings. The van der Waals surface area contributed by atoms with E-state index in [0.717, 1.165) is 16.7 Å². The molecule has 84 valence electrons. The Kier molecular flexibility index (Phi) is 2.54. The van der Waals surface area contributed by atoms with E-state index in [4.69, 9.17) is 4.74 Å². The highest BCUT2D eigenvalue weighted by atomic mass is 16.5. The van der Waals surface area contributed by atoms with Crippen molar-refractivity contribution in [1.82, 2.24) is 0 Å². The molecule has 0 N–H and O–H groups in total. The molecule has 0 fully saturated rings. The molecule has 0 saturated heterocycles. The summed E-state index contributed by atoms with van der Waals surface area (Å²) in [5.41, 5.74) is 3.72. The van der Waals surface area contributed by atoms with Crippen molar-refractivity contribution in [1.29, 1.82) is 0 Å². The average Bonchev–Trinajstić information content (AvgIpc) is 2.20. The maximum atomic E-state index is 11.7. The number of esters is 1. The number of rotatable bonds is 1. The first-order valence-corrected chi connectivity index (χ1v) is 5.30. The third-order valence-corrected chi connectivity index (χ3v) is 3.05. The smallest absolute Gasteiger partial charge is 0.339 e. The maximum Gasteiger partial charge on any atom is 0.339 e. The summed E-state index contributed by atoms with van der Waals surface area (Å²) in [5, 5.41) is 0. The molecule has 0 radical (unpaired) electrons. The van der Waals surface area contributed by atoms with Crippen molar-refractivity contribution in [2.45, 2.75) is 33.3 Å². The van der Waals surface area contributed by atoms with Gasteiger partial charge in [0.15, 0.2) is 11.9 Å². The molecule has 1 aromatic rings. The standard InChI is InChI=1S/C13H14O3/c1-7-4-10-6-12(9(3)14)16-13(15)11(10)5-8(7)2/h4-5,12H,6H2,1-3H3. The van der Waals surface area contributed by atoms with Gasteiger partial charge < -0.3 is 4.74 Å². The SMILES string of the molecule is CC(=O)C1Cc2cc(C)c(C)cc2C(=O)O1. The zero-order valence-electron chi connectivity index (χ0n) is 9.66. The Hall–Kier alpha value is -1.64. The van der Waals surface area contributed by atoms with E-state index < -0.39 is 6.10 Å². The van der Waals surface area contributed by atoms with Crippen LogP contribution in [-0.4, -0.2) is 17.9 Å². The Labute approximate surface area is 94.4 Å². The number of hydrogen-bond acceptors (Lipinski definition) is 3. The Morgan fingerprint density at radius 2 is 1.94 bits per heavy atom. The predicted octanol–water partition coefficient (Wildman–Crippen LogP) is 1.97. The third kappa shape index (κ3) is 1.73. The van der Waals surface area contributed by atoms with Crippen molar-refractivity contribution in [2.75, 3.05) is 0 Å². The van der Waals surface area contributed by atoms with Crippen LogP contribution in [0.2, 0.25) is 0 Å². The number of benzene rings is 1. The lowest BCUT2D eigenvalue weighted by molar-refractivity contribution is -0.125. The van der Waals surface area contributed by atoms with Crippen molar-refractivity contribution < 1.29 is 14.3 Å². The number of ketones is 1. The number of ether oxygens (including phenoxy) is 1. The quantitative estimate of drug-likeness (QED) is 0.677. The van der Waals surface area contributed by atoms with E-state index in [9.17, 15) is 9.59 Å². The zero-order valence-corrected chi connectivity index (χ0v) is 9.66. The van der Waals surface area contributed by atoms with Crippen LogP contribution in [0.3, 0.4) is 0 Å². The van der Waals surface area contributed by atoms with Gasteiger partial charge in [-0.25, -0.2) is 4.79 Å². The van der Waals surface area contributed by atoms with Crippen LogP contribution in [0.5, 0.6) is 0 Å². The van der Waals surface area contributed by atoms with Crippen LogP contribution in [0.15, 0.2) is 12.1 Å². The van der Waals surface area contributed by atoms with Crippen LogP contribution in [0.1, 0.15) is 34.0 Å². The van der Waals surface area contributed by atoms with Gasteiger partial charge in [0, 0.05) is 6.42 Å². The van der Waals surface area contributed by atoms with Crippen LogP contribution >= 0.6 is 0 Å². The molecule has 1 aromatic carbocycles. The summed E-state index contributed by atoms with van der Waals surface area (Å²) in [6, 6.07) is 3.81. The van der Waals surface area contributed by atoms with Crippen LogP contribution in [-0.2, 0) is 16.0 Å². The van der Waals surface area contributed by atoms with Gasteiger partial charge in [-0.3, -0.25) is 4.79 Å². The molecule has 1 aliphatic heterocycles. The molecule has 0 saturated carbocycles. The van der Waals surface area contributed by atoms with Gasteiger partial charge in [0.2, 0.25) is 0 Å². The van der Waals surface area contributed by atoms with E-state index in [1.54, 1.807) is 0 Å². The third-order valence-electron chi connectivity index (χ3n) is 3.05. The minimum Gasteiger partial charge on any atom is -0.450 e. The fourth-order valence-corrected chi connectivity index (χ4v) is 1.90. The fourth-order valence-electron chi connectivity index (χ4n) is 1.90. The minimum atomic E-state index is -0.609. The monoisotopic (exact) mass is 218 g/mol. The first-order chi connectivity index (χ1) is 7.49. The molecule has 2 rings (SSSR count). The second-order valence-electron chi connectivity index (χ2n) is 4.30. The topological polar surface area (TPSA) is 43.4 Å². The predicted molar refractivity (Wildman–Crippen MR) is 59.5 cm³/mol. The number of fused-ring (bicyclic) bond motifs is 1. The highest BCUT2D eigenvalue weighted by Gasteiger charge is 2.29. The van der Waals surface area contributed by atoms with Gasteiger partial charge in [0.25, 0.3) is 0 Å². The van der Waals surface area contributed by atoms with Gasteiger partial charge >= 0.3 is 5.97 Å². The molecule has 16 heavy (non-hydrogen) atoms. The summed E-state index contributed by atoms with van der Waals surface area (Å²) in [4.78, 5) is 22.9. The van der Waals surface area contributed by atoms with E-state index in [1.807, 2.05) is 26.0 Å². The molecule has 1 heterocycles. The molecule has 1 atom stereocenters. The van der Waals surface area contributed by atoms with Crippen molar-refractivity contribution in [3.05, 3.63) is 34.4 Å². The normalized spacial score (nSPS) is 18.9. The molecule has 0 aromatic heterocycles. The molecule has 3 nitrogen and oxygen atoms in total. The molecule has 3 heteroatoms. The van der Waals surface area contributed by atoms with Crippen molar-refractivity contribution >= 4 is 11.8 Å². The lowest BCUT2D eigenvalue weighted by Crippen LogP contribution is -2.33. The van der Waals surface area contributed by atoms with Crippen molar-refractivity contribution in [2.24, 2.45) is 0 Å². The molecule has 0 aliphatic carbocycles. The van der Waals surface area contributed by atoms with Crippen LogP contribution in [0.25, 0.3) is 0 Å². The maximum absolute atomic E-state index is 11.7. The Bertz CT molecular complexity index is 474. The van der Waals surface area contributed by atoms with Gasteiger partial charge in [-0.2, -0.15) is 0 Å². The second-order valence-corrected chi connectivity index (χ2v) is 4.30. The first-order valence-electron chi connectivity index (χ1n) is 5.30. The summed E-state index contributed by atoms with van der Waals surface area (Å²) in [7, 11) is 0. The fraction of sp³-hybridized carbons (Fsp3) is 0.385. The van der Waals surface area contributed by atoms with Gasteiger partial charge in [-0.1, -0.05) is 6.07 Å². The number of Topliss-reactive ketones (excluding diaryl/α,β-unsaturated/α-hetero) is 1. The lowest BCUT2D eigenvalue weighted by atomic mass is 9.93. The number of hydrogen-bond donors (Lipinski definition) is 0. The van der Waals surface area contributed by atoms with Gasteiger partial charge in [0.1, 0.15) is 0 Å². The molecular weight excluding hydrogens is 204 g/mol. The first kappa shape index (κ1) is 10.9. The molecule has 0 spiro atoms. The Morgan fingerprint density at radius 3 is 2.56 bits per heavy atom. The van der Waals surface area contributed by atoms with Crippen molar-refractivity contribution in [3.63, 3.8) is 0 Å². The van der Waals surface area contributed by atoms with Crippen LogP contribution in [0, 0.1) is 13.8 Å². The van der Waals surface area contributed by atoms with E-state index >= 15 is 0 Å². The number of carbonyl (C=O) groups is 2. The van der Waals surface area contributed by atoms with Crippen LogP contribution < -0.4 is 0 Å². The second kappa shape index (κ2) is 3.74. The molecular formula is C13H14O3. The number of aryl methyl sites for hydroxylation is 2. The molecule has 1 unspecified atom stereocenters. The van der Waals surface area contributed by atoms with E-state index in [0.29, 0.717) is 12.0 Å². The lowest BCUT2D eigenvalue weighted by Gasteiger charge is -2.23. The van der Waals surface area contributed by atoms with E-state index in [2.05, 4.69) is 0 Å². The summed E-state index contributed by atoms with van der Waals surface area (Å²) >= 11 is 0. The highest BCUT2D eigenvalue weighted by Crippen LogP contribution is 2.24. The number of cyclic esters (lactones) is 1. The summed E-state index contributed by atoms with van der Waals surface area (Å²) in [5.74, 6) is -0.484. The van der Waals surface area contributed by atoms with E-state index in [1.165, 1.54) is 6.92 Å². The van der Waals surface area contributed by atoms with Gasteiger partial charge in [-0.15, -0.1) is 0 Å².